The Labute approximate surface area is 103 Å². The molecule has 0 aliphatic carbocycles. The highest BCUT2D eigenvalue weighted by Crippen LogP contribution is 2.22. The first-order chi connectivity index (χ1) is 8.29. The fourth-order valence-corrected chi connectivity index (χ4v) is 2.39. The molecule has 0 spiro atoms. The van der Waals surface area contributed by atoms with E-state index in [4.69, 9.17) is 0 Å². The summed E-state index contributed by atoms with van der Waals surface area (Å²) in [5.41, 5.74) is 1.05. The number of hydrogen-bond acceptors (Lipinski definition) is 3. The molecular weight excluding hydrogens is 214 g/mol. The minimum Gasteiger partial charge on any atom is -0.371 e. The largest absolute Gasteiger partial charge is 0.371 e. The van der Waals surface area contributed by atoms with Gasteiger partial charge in [0.1, 0.15) is 0 Å². The Morgan fingerprint density at radius 1 is 1.59 bits per heavy atom. The topological polar surface area (TPSA) is 44.7 Å². The monoisotopic (exact) mass is 235 g/mol. The van der Waals surface area contributed by atoms with Crippen molar-refractivity contribution in [2.75, 3.05) is 19.6 Å². The predicted molar refractivity (Wildman–Crippen MR) is 68.8 cm³/mol. The highest BCUT2D eigenvalue weighted by Gasteiger charge is 2.23. The normalized spacial score (nSPS) is 24.5. The standard InChI is InChI=1S/C13H21N3O/c1-2-7-16-8-6-14-12(10-16)9-11-4-3-5-15-13(11)17/h6,10-11H,2-5,7-9H2,1H3,(H,15,17). The maximum atomic E-state index is 11.7. The van der Waals surface area contributed by atoms with Gasteiger partial charge in [-0.25, -0.2) is 0 Å². The molecule has 94 valence electrons. The molecular formula is C13H21N3O. The van der Waals surface area contributed by atoms with Gasteiger partial charge in [0.2, 0.25) is 5.91 Å². The SMILES string of the molecule is CCCN1C=C(CC2CCCNC2=O)N=CC1. The number of hydrogen-bond donors (Lipinski definition) is 1. The third-order valence-electron chi connectivity index (χ3n) is 3.27. The Balaban J connectivity index is 1.93. The van der Waals surface area contributed by atoms with Crippen molar-refractivity contribution in [1.29, 1.82) is 0 Å². The molecule has 0 bridgehead atoms. The lowest BCUT2D eigenvalue weighted by molar-refractivity contribution is -0.126. The van der Waals surface area contributed by atoms with E-state index in [1.807, 2.05) is 6.21 Å². The van der Waals surface area contributed by atoms with Crippen LogP contribution in [0.25, 0.3) is 0 Å². The number of amides is 1. The lowest BCUT2D eigenvalue weighted by Gasteiger charge is -2.25. The van der Waals surface area contributed by atoms with Gasteiger partial charge in [-0.05, 0) is 19.3 Å². The van der Waals surface area contributed by atoms with Crippen LogP contribution in [-0.4, -0.2) is 36.7 Å². The van der Waals surface area contributed by atoms with Gasteiger partial charge in [-0.3, -0.25) is 9.79 Å². The van der Waals surface area contributed by atoms with Crippen molar-refractivity contribution in [3.8, 4) is 0 Å². The highest BCUT2D eigenvalue weighted by atomic mass is 16.1. The number of nitrogens with zero attached hydrogens (tertiary/aromatic N) is 2. The Hall–Kier alpha value is -1.32. The Bertz CT molecular complexity index is 336. The van der Waals surface area contributed by atoms with Crippen LogP contribution in [0.5, 0.6) is 0 Å². The van der Waals surface area contributed by atoms with E-state index in [1.165, 1.54) is 0 Å². The van der Waals surface area contributed by atoms with Crippen molar-refractivity contribution >= 4 is 12.1 Å². The Morgan fingerprint density at radius 3 is 3.24 bits per heavy atom. The van der Waals surface area contributed by atoms with Crippen LogP contribution < -0.4 is 5.32 Å². The van der Waals surface area contributed by atoms with Crippen molar-refractivity contribution in [3.63, 3.8) is 0 Å². The van der Waals surface area contributed by atoms with Gasteiger partial charge < -0.3 is 10.2 Å². The van der Waals surface area contributed by atoms with E-state index in [-0.39, 0.29) is 11.8 Å². The molecule has 17 heavy (non-hydrogen) atoms. The molecule has 1 fully saturated rings. The molecule has 1 saturated heterocycles. The van der Waals surface area contributed by atoms with Crippen molar-refractivity contribution in [1.82, 2.24) is 10.2 Å². The number of nitrogens with one attached hydrogen (secondary N) is 1. The Morgan fingerprint density at radius 2 is 2.47 bits per heavy atom. The van der Waals surface area contributed by atoms with Crippen LogP contribution in [-0.2, 0) is 4.79 Å². The van der Waals surface area contributed by atoms with Crippen LogP contribution in [0, 0.1) is 5.92 Å². The van der Waals surface area contributed by atoms with E-state index in [0.717, 1.165) is 51.0 Å². The van der Waals surface area contributed by atoms with E-state index >= 15 is 0 Å². The first-order valence-electron chi connectivity index (χ1n) is 6.54. The number of allylic oxidation sites excluding steroid dienone is 1. The van der Waals surface area contributed by atoms with Crippen molar-refractivity contribution in [3.05, 3.63) is 11.9 Å². The molecule has 0 radical (unpaired) electrons. The molecule has 1 unspecified atom stereocenters. The third-order valence-corrected chi connectivity index (χ3v) is 3.27. The van der Waals surface area contributed by atoms with Crippen molar-refractivity contribution in [2.24, 2.45) is 10.9 Å². The molecule has 2 aliphatic rings. The second-order valence-electron chi connectivity index (χ2n) is 4.76. The molecule has 2 heterocycles. The van der Waals surface area contributed by atoms with Gasteiger partial charge in [0.05, 0.1) is 12.2 Å². The van der Waals surface area contributed by atoms with E-state index in [0.29, 0.717) is 0 Å². The Kier molecular flexibility index (Phi) is 4.18. The zero-order valence-electron chi connectivity index (χ0n) is 10.5. The number of aliphatic imine (C=N–C) groups is 1. The average molecular weight is 235 g/mol. The van der Waals surface area contributed by atoms with Gasteiger partial charge >= 0.3 is 0 Å². The van der Waals surface area contributed by atoms with Crippen molar-refractivity contribution in [2.45, 2.75) is 32.6 Å². The van der Waals surface area contributed by atoms with Crippen LogP contribution in [0.2, 0.25) is 0 Å². The molecule has 1 atom stereocenters. The maximum Gasteiger partial charge on any atom is 0.223 e. The molecule has 0 aromatic carbocycles. The molecule has 4 nitrogen and oxygen atoms in total. The molecule has 2 aliphatic heterocycles. The molecule has 0 aromatic rings. The summed E-state index contributed by atoms with van der Waals surface area (Å²) in [5, 5.41) is 2.93. The van der Waals surface area contributed by atoms with Crippen LogP contribution in [0.3, 0.4) is 0 Å². The van der Waals surface area contributed by atoms with E-state index < -0.39 is 0 Å². The van der Waals surface area contributed by atoms with Gasteiger partial charge in [-0.15, -0.1) is 0 Å². The van der Waals surface area contributed by atoms with Crippen LogP contribution in [0.15, 0.2) is 16.9 Å². The number of carbonyl (C=O) groups excluding carboxylic acids is 1. The first-order valence-corrected chi connectivity index (χ1v) is 6.54. The molecule has 4 heteroatoms. The third kappa shape index (κ3) is 3.32. The maximum absolute atomic E-state index is 11.7. The molecule has 1 N–H and O–H groups in total. The predicted octanol–water partition coefficient (Wildman–Crippen LogP) is 1.54. The van der Waals surface area contributed by atoms with Gasteiger partial charge in [0.15, 0.2) is 0 Å². The second-order valence-corrected chi connectivity index (χ2v) is 4.76. The summed E-state index contributed by atoms with van der Waals surface area (Å²) >= 11 is 0. The summed E-state index contributed by atoms with van der Waals surface area (Å²) in [6.45, 7) is 4.97. The van der Waals surface area contributed by atoms with Gasteiger partial charge in [0.25, 0.3) is 0 Å². The highest BCUT2D eigenvalue weighted by molar-refractivity contribution is 5.79. The fourth-order valence-electron chi connectivity index (χ4n) is 2.39. The fraction of sp³-hybridized carbons (Fsp3) is 0.692. The summed E-state index contributed by atoms with van der Waals surface area (Å²) in [6.07, 6.45) is 8.07. The van der Waals surface area contributed by atoms with Gasteiger partial charge in [0, 0.05) is 37.8 Å². The first kappa shape index (κ1) is 12.1. The lowest BCUT2D eigenvalue weighted by atomic mass is 9.94. The quantitative estimate of drug-likeness (QED) is 0.803. The number of rotatable bonds is 4. The molecule has 2 rings (SSSR count). The summed E-state index contributed by atoms with van der Waals surface area (Å²) < 4.78 is 0. The summed E-state index contributed by atoms with van der Waals surface area (Å²) in [7, 11) is 0. The second kappa shape index (κ2) is 5.84. The minimum absolute atomic E-state index is 0.119. The zero-order chi connectivity index (χ0) is 12.1. The van der Waals surface area contributed by atoms with E-state index in [2.05, 4.69) is 28.3 Å². The van der Waals surface area contributed by atoms with Crippen LogP contribution in [0.4, 0.5) is 0 Å². The van der Waals surface area contributed by atoms with E-state index in [1.54, 1.807) is 0 Å². The average Bonchev–Trinajstić information content (AvgIpc) is 2.33. The van der Waals surface area contributed by atoms with Crippen LogP contribution >= 0.6 is 0 Å². The number of carbonyl (C=O) groups is 1. The van der Waals surface area contributed by atoms with Crippen molar-refractivity contribution < 1.29 is 4.79 Å². The summed E-state index contributed by atoms with van der Waals surface area (Å²) in [6, 6.07) is 0. The molecule has 0 aromatic heterocycles. The minimum atomic E-state index is 0.119. The van der Waals surface area contributed by atoms with Gasteiger partial charge in [-0.1, -0.05) is 6.92 Å². The van der Waals surface area contributed by atoms with E-state index in [9.17, 15) is 4.79 Å². The molecule has 0 saturated carbocycles. The number of piperidine rings is 1. The smallest absolute Gasteiger partial charge is 0.223 e. The summed E-state index contributed by atoms with van der Waals surface area (Å²) in [5.74, 6) is 0.314. The summed E-state index contributed by atoms with van der Waals surface area (Å²) in [4.78, 5) is 18.3. The van der Waals surface area contributed by atoms with Crippen LogP contribution in [0.1, 0.15) is 32.6 Å². The molecule has 1 amide bonds. The zero-order valence-corrected chi connectivity index (χ0v) is 10.5. The lowest BCUT2D eigenvalue weighted by Crippen LogP contribution is -2.36. The van der Waals surface area contributed by atoms with Gasteiger partial charge in [-0.2, -0.15) is 0 Å².